The Morgan fingerprint density at radius 2 is 2.13 bits per heavy atom. The Bertz CT molecular complexity index is 312. The van der Waals surface area contributed by atoms with Crippen LogP contribution in [0.1, 0.15) is 17.9 Å². The predicted octanol–water partition coefficient (Wildman–Crippen LogP) is 2.43. The molecule has 1 aliphatic heterocycles. The molecule has 2 unspecified atom stereocenters. The van der Waals surface area contributed by atoms with Crippen LogP contribution in [-0.2, 0) is 4.74 Å². The molecule has 1 aliphatic rings. The van der Waals surface area contributed by atoms with E-state index in [4.69, 9.17) is 16.3 Å². The zero-order valence-corrected chi connectivity index (χ0v) is 9.63. The molecule has 1 N–H and O–H groups in total. The molecule has 1 heterocycles. The van der Waals surface area contributed by atoms with Gasteiger partial charge >= 0.3 is 0 Å². The summed E-state index contributed by atoms with van der Waals surface area (Å²) in [4.78, 5) is 0. The van der Waals surface area contributed by atoms with E-state index in [1.807, 2.05) is 12.1 Å². The van der Waals surface area contributed by atoms with Gasteiger partial charge in [-0.3, -0.25) is 0 Å². The highest BCUT2D eigenvalue weighted by atomic mass is 35.5. The van der Waals surface area contributed by atoms with Crippen molar-refractivity contribution < 1.29 is 4.74 Å². The number of rotatable bonds is 3. The lowest BCUT2D eigenvalue weighted by Gasteiger charge is -2.09. The van der Waals surface area contributed by atoms with Crippen LogP contribution in [0.15, 0.2) is 24.3 Å². The standard InChI is InChI=1S/C12H16ClNO/c1-15-8-12-6-10(7-14-12)9-2-4-11(13)5-3-9/h2-5,10,12,14H,6-8H2,1H3. The van der Waals surface area contributed by atoms with Crippen molar-refractivity contribution >= 4 is 11.6 Å². The van der Waals surface area contributed by atoms with E-state index in [0.29, 0.717) is 12.0 Å². The van der Waals surface area contributed by atoms with Gasteiger partial charge in [-0.1, -0.05) is 23.7 Å². The topological polar surface area (TPSA) is 21.3 Å². The Hall–Kier alpha value is -0.570. The van der Waals surface area contributed by atoms with E-state index in [9.17, 15) is 0 Å². The van der Waals surface area contributed by atoms with Crippen molar-refractivity contribution in [3.8, 4) is 0 Å². The molecule has 1 fully saturated rings. The molecule has 1 aromatic carbocycles. The zero-order chi connectivity index (χ0) is 10.7. The summed E-state index contributed by atoms with van der Waals surface area (Å²) < 4.78 is 5.15. The summed E-state index contributed by atoms with van der Waals surface area (Å²) >= 11 is 5.86. The first kappa shape index (κ1) is 10.9. The number of hydrogen-bond acceptors (Lipinski definition) is 2. The van der Waals surface area contributed by atoms with Gasteiger partial charge in [0.2, 0.25) is 0 Å². The molecule has 82 valence electrons. The Labute approximate surface area is 95.6 Å². The summed E-state index contributed by atoms with van der Waals surface area (Å²) in [5, 5.41) is 4.27. The molecular weight excluding hydrogens is 210 g/mol. The molecule has 3 heteroatoms. The van der Waals surface area contributed by atoms with Crippen molar-refractivity contribution in [2.24, 2.45) is 0 Å². The average Bonchev–Trinajstić information content (AvgIpc) is 2.68. The second-order valence-corrected chi connectivity index (χ2v) is 4.48. The second kappa shape index (κ2) is 4.97. The molecule has 0 aliphatic carbocycles. The molecule has 2 nitrogen and oxygen atoms in total. The van der Waals surface area contributed by atoms with Gasteiger partial charge in [-0.25, -0.2) is 0 Å². The normalized spacial score (nSPS) is 25.7. The third-order valence-electron chi connectivity index (χ3n) is 2.93. The summed E-state index contributed by atoms with van der Waals surface area (Å²) in [6.45, 7) is 1.83. The molecule has 0 saturated carbocycles. The fourth-order valence-electron chi connectivity index (χ4n) is 2.14. The Morgan fingerprint density at radius 1 is 1.40 bits per heavy atom. The summed E-state index contributed by atoms with van der Waals surface area (Å²) in [7, 11) is 1.75. The lowest BCUT2D eigenvalue weighted by molar-refractivity contribution is 0.173. The molecule has 2 rings (SSSR count). The van der Waals surface area contributed by atoms with Crippen LogP contribution in [0.3, 0.4) is 0 Å². The highest BCUT2D eigenvalue weighted by Crippen LogP contribution is 2.26. The Balaban J connectivity index is 1.98. The molecule has 0 aromatic heterocycles. The van der Waals surface area contributed by atoms with Crippen LogP contribution in [0.4, 0.5) is 0 Å². The van der Waals surface area contributed by atoms with Gasteiger partial charge in [-0.05, 0) is 30.0 Å². The van der Waals surface area contributed by atoms with E-state index in [0.717, 1.165) is 24.6 Å². The Kier molecular flexibility index (Phi) is 3.62. The number of hydrogen-bond donors (Lipinski definition) is 1. The van der Waals surface area contributed by atoms with Crippen LogP contribution < -0.4 is 5.32 Å². The van der Waals surface area contributed by atoms with E-state index < -0.39 is 0 Å². The maximum absolute atomic E-state index is 5.86. The number of halogens is 1. The predicted molar refractivity (Wildman–Crippen MR) is 62.5 cm³/mol. The van der Waals surface area contributed by atoms with Gasteiger partial charge in [0.05, 0.1) is 6.61 Å². The van der Waals surface area contributed by atoms with Crippen LogP contribution in [0.5, 0.6) is 0 Å². The van der Waals surface area contributed by atoms with E-state index in [1.165, 1.54) is 5.56 Å². The molecule has 1 saturated heterocycles. The van der Waals surface area contributed by atoms with Crippen LogP contribution in [0.25, 0.3) is 0 Å². The summed E-state index contributed by atoms with van der Waals surface area (Å²) in [5.74, 6) is 0.599. The highest BCUT2D eigenvalue weighted by Gasteiger charge is 2.24. The van der Waals surface area contributed by atoms with Gasteiger partial charge in [0, 0.05) is 24.7 Å². The van der Waals surface area contributed by atoms with E-state index >= 15 is 0 Å². The smallest absolute Gasteiger partial charge is 0.0616 e. The first-order valence-electron chi connectivity index (χ1n) is 5.27. The van der Waals surface area contributed by atoms with Crippen LogP contribution in [-0.4, -0.2) is 26.3 Å². The zero-order valence-electron chi connectivity index (χ0n) is 8.87. The van der Waals surface area contributed by atoms with Crippen LogP contribution in [0.2, 0.25) is 5.02 Å². The van der Waals surface area contributed by atoms with Crippen LogP contribution >= 0.6 is 11.6 Å². The third-order valence-corrected chi connectivity index (χ3v) is 3.18. The quantitative estimate of drug-likeness (QED) is 0.853. The minimum Gasteiger partial charge on any atom is -0.383 e. The van der Waals surface area contributed by atoms with E-state index in [-0.39, 0.29) is 0 Å². The molecule has 2 atom stereocenters. The van der Waals surface area contributed by atoms with Gasteiger partial charge in [0.25, 0.3) is 0 Å². The van der Waals surface area contributed by atoms with Crippen molar-refractivity contribution in [3.63, 3.8) is 0 Å². The fourth-order valence-corrected chi connectivity index (χ4v) is 2.26. The molecule has 0 amide bonds. The summed E-state index contributed by atoms with van der Waals surface area (Å²) in [6.07, 6.45) is 1.15. The number of methoxy groups -OCH3 is 1. The summed E-state index contributed by atoms with van der Waals surface area (Å²) in [6, 6.07) is 8.64. The van der Waals surface area contributed by atoms with Gasteiger partial charge in [-0.15, -0.1) is 0 Å². The first-order chi connectivity index (χ1) is 7.29. The molecular formula is C12H16ClNO. The van der Waals surface area contributed by atoms with Crippen molar-refractivity contribution in [3.05, 3.63) is 34.9 Å². The van der Waals surface area contributed by atoms with Crippen molar-refractivity contribution in [1.82, 2.24) is 5.32 Å². The minimum atomic E-state index is 0.496. The summed E-state index contributed by atoms with van der Waals surface area (Å²) in [5.41, 5.74) is 1.37. The molecule has 15 heavy (non-hydrogen) atoms. The number of nitrogens with one attached hydrogen (secondary N) is 1. The third kappa shape index (κ3) is 2.71. The maximum Gasteiger partial charge on any atom is 0.0616 e. The monoisotopic (exact) mass is 225 g/mol. The van der Waals surface area contributed by atoms with Gasteiger partial charge < -0.3 is 10.1 Å². The molecule has 0 radical (unpaired) electrons. The number of benzene rings is 1. The largest absolute Gasteiger partial charge is 0.383 e. The minimum absolute atomic E-state index is 0.496. The fraction of sp³-hybridized carbons (Fsp3) is 0.500. The first-order valence-corrected chi connectivity index (χ1v) is 5.65. The van der Waals surface area contributed by atoms with Gasteiger partial charge in [0.15, 0.2) is 0 Å². The lowest BCUT2D eigenvalue weighted by Crippen LogP contribution is -2.25. The maximum atomic E-state index is 5.86. The second-order valence-electron chi connectivity index (χ2n) is 4.04. The van der Waals surface area contributed by atoms with Gasteiger partial charge in [0.1, 0.15) is 0 Å². The molecule has 1 aromatic rings. The molecule has 0 spiro atoms. The van der Waals surface area contributed by atoms with E-state index in [1.54, 1.807) is 7.11 Å². The van der Waals surface area contributed by atoms with Crippen molar-refractivity contribution in [2.75, 3.05) is 20.3 Å². The average molecular weight is 226 g/mol. The van der Waals surface area contributed by atoms with E-state index in [2.05, 4.69) is 17.4 Å². The number of ether oxygens (including phenoxy) is 1. The SMILES string of the molecule is COCC1CC(c2ccc(Cl)cc2)CN1. The Morgan fingerprint density at radius 3 is 2.80 bits per heavy atom. The van der Waals surface area contributed by atoms with Crippen molar-refractivity contribution in [1.29, 1.82) is 0 Å². The van der Waals surface area contributed by atoms with Crippen molar-refractivity contribution in [2.45, 2.75) is 18.4 Å². The van der Waals surface area contributed by atoms with Crippen LogP contribution in [0, 0.1) is 0 Å². The lowest BCUT2D eigenvalue weighted by atomic mass is 9.97. The molecule has 0 bridgehead atoms. The highest BCUT2D eigenvalue weighted by molar-refractivity contribution is 6.30. The van der Waals surface area contributed by atoms with Gasteiger partial charge in [-0.2, -0.15) is 0 Å².